The van der Waals surface area contributed by atoms with Gasteiger partial charge in [0.2, 0.25) is 0 Å². The van der Waals surface area contributed by atoms with Crippen LogP contribution < -0.4 is 5.73 Å². The number of aromatic nitrogens is 4. The van der Waals surface area contributed by atoms with Gasteiger partial charge in [-0.2, -0.15) is 0 Å². The molecule has 0 atom stereocenters. The molecule has 2 aliphatic rings. The molecule has 2 heterocycles. The quantitative estimate of drug-likeness (QED) is 0.856. The molecule has 104 valence electrons. The van der Waals surface area contributed by atoms with Crippen LogP contribution in [0.3, 0.4) is 0 Å². The Bertz CT molecular complexity index is 613. The highest BCUT2D eigenvalue weighted by atomic mass is 32.2. The molecule has 0 aromatic carbocycles. The smallest absolute Gasteiger partial charge is 0.191 e. The summed E-state index contributed by atoms with van der Waals surface area (Å²) < 4.78 is 2.38. The van der Waals surface area contributed by atoms with E-state index in [0.717, 1.165) is 10.9 Å². The third-order valence-electron chi connectivity index (χ3n) is 3.76. The van der Waals surface area contributed by atoms with Gasteiger partial charge in [-0.25, -0.2) is 4.98 Å². The van der Waals surface area contributed by atoms with E-state index in [-0.39, 0.29) is 0 Å². The van der Waals surface area contributed by atoms with Crippen molar-refractivity contribution in [1.82, 2.24) is 19.7 Å². The van der Waals surface area contributed by atoms with E-state index in [1.165, 1.54) is 37.1 Å². The highest BCUT2D eigenvalue weighted by Gasteiger charge is 2.36. The van der Waals surface area contributed by atoms with Crippen molar-refractivity contribution < 1.29 is 0 Å². The Morgan fingerprint density at radius 1 is 1.20 bits per heavy atom. The lowest BCUT2D eigenvalue weighted by Crippen LogP contribution is -2.02. The monoisotopic (exact) mass is 287 g/mol. The van der Waals surface area contributed by atoms with E-state index in [2.05, 4.69) is 19.7 Å². The normalized spacial score (nSPS) is 18.4. The molecule has 0 aliphatic heterocycles. The summed E-state index contributed by atoms with van der Waals surface area (Å²) in [6, 6.07) is 4.51. The number of hydrogen-bond donors (Lipinski definition) is 1. The van der Waals surface area contributed by atoms with E-state index >= 15 is 0 Å². The molecule has 4 rings (SSSR count). The lowest BCUT2D eigenvalue weighted by molar-refractivity contribution is 0.627. The molecule has 2 aromatic heterocycles. The molecule has 0 saturated heterocycles. The zero-order chi connectivity index (χ0) is 13.5. The highest BCUT2D eigenvalue weighted by Crippen LogP contribution is 2.46. The Balaban J connectivity index is 1.52. The number of hydrogen-bond acceptors (Lipinski definition) is 5. The maximum absolute atomic E-state index is 5.61. The summed E-state index contributed by atoms with van der Waals surface area (Å²) in [7, 11) is 0. The summed E-state index contributed by atoms with van der Waals surface area (Å²) in [4.78, 5) is 4.13. The van der Waals surface area contributed by atoms with Crippen molar-refractivity contribution in [2.24, 2.45) is 0 Å². The van der Waals surface area contributed by atoms with E-state index in [0.29, 0.717) is 17.8 Å². The third-order valence-corrected chi connectivity index (χ3v) is 4.78. The average Bonchev–Trinajstić information content (AvgIpc) is 3.37. The number of nitrogens with two attached hydrogens (primary N) is 1. The van der Waals surface area contributed by atoms with Gasteiger partial charge in [-0.05, 0) is 37.3 Å². The molecule has 0 bridgehead atoms. The number of nitrogens with zero attached hydrogens (tertiary/aromatic N) is 4. The van der Waals surface area contributed by atoms with Crippen LogP contribution in [0.2, 0.25) is 0 Å². The van der Waals surface area contributed by atoms with Crippen LogP contribution in [0, 0.1) is 0 Å². The second-order valence-corrected chi connectivity index (χ2v) is 6.54. The number of anilines is 1. The molecule has 0 amide bonds. The van der Waals surface area contributed by atoms with Crippen LogP contribution in [0.1, 0.15) is 49.0 Å². The fourth-order valence-electron chi connectivity index (χ4n) is 2.35. The van der Waals surface area contributed by atoms with Crippen molar-refractivity contribution >= 4 is 17.6 Å². The van der Waals surface area contributed by atoms with E-state index < -0.39 is 0 Å². The van der Waals surface area contributed by atoms with Crippen LogP contribution in [0.15, 0.2) is 23.5 Å². The molecule has 2 saturated carbocycles. The van der Waals surface area contributed by atoms with Crippen molar-refractivity contribution in [2.45, 2.75) is 48.6 Å². The van der Waals surface area contributed by atoms with Crippen LogP contribution in [0.25, 0.3) is 0 Å². The Morgan fingerprint density at radius 3 is 2.70 bits per heavy atom. The first-order valence-electron chi connectivity index (χ1n) is 7.09. The van der Waals surface area contributed by atoms with Gasteiger partial charge in [0, 0.05) is 23.9 Å². The number of nitrogen functional groups attached to an aromatic ring is 1. The molecular formula is C14H17N5S. The van der Waals surface area contributed by atoms with Crippen molar-refractivity contribution in [3.8, 4) is 0 Å². The Kier molecular flexibility index (Phi) is 2.91. The van der Waals surface area contributed by atoms with Crippen LogP contribution >= 0.6 is 11.8 Å². The van der Waals surface area contributed by atoms with Gasteiger partial charge in [-0.1, -0.05) is 17.8 Å². The predicted octanol–water partition coefficient (Wildman–Crippen LogP) is 2.76. The highest BCUT2D eigenvalue weighted by molar-refractivity contribution is 7.98. The van der Waals surface area contributed by atoms with Gasteiger partial charge in [0.1, 0.15) is 11.6 Å². The second-order valence-electron chi connectivity index (χ2n) is 5.60. The summed E-state index contributed by atoms with van der Waals surface area (Å²) in [5, 5.41) is 9.89. The van der Waals surface area contributed by atoms with E-state index in [9.17, 15) is 0 Å². The molecule has 0 unspecified atom stereocenters. The Morgan fingerprint density at radius 2 is 2.05 bits per heavy atom. The van der Waals surface area contributed by atoms with Crippen LogP contribution in [0.4, 0.5) is 5.82 Å². The fraction of sp³-hybridized carbons (Fsp3) is 0.500. The molecule has 2 N–H and O–H groups in total. The predicted molar refractivity (Wildman–Crippen MR) is 78.5 cm³/mol. The lowest BCUT2D eigenvalue weighted by Gasteiger charge is -2.08. The number of rotatable bonds is 5. The first-order valence-corrected chi connectivity index (χ1v) is 8.08. The molecule has 5 nitrogen and oxygen atoms in total. The molecule has 2 aromatic rings. The van der Waals surface area contributed by atoms with Gasteiger partial charge in [0.15, 0.2) is 5.16 Å². The maximum atomic E-state index is 5.61. The minimum absolute atomic E-state index is 0.566. The van der Waals surface area contributed by atoms with Crippen LogP contribution in [-0.4, -0.2) is 19.7 Å². The summed E-state index contributed by atoms with van der Waals surface area (Å²) in [6.07, 6.45) is 6.93. The van der Waals surface area contributed by atoms with E-state index in [4.69, 9.17) is 5.73 Å². The standard InChI is InChI=1S/C14H17N5S/c15-12-6-1-9(7-16-12)8-20-14-18-17-13(10-2-3-10)19(14)11-4-5-11/h1,6-7,10-11H,2-5,8H2,(H2,15,16). The topological polar surface area (TPSA) is 69.6 Å². The Labute approximate surface area is 122 Å². The van der Waals surface area contributed by atoms with Crippen LogP contribution in [-0.2, 0) is 5.75 Å². The summed E-state index contributed by atoms with van der Waals surface area (Å²) in [5.41, 5.74) is 6.77. The number of thioether (sulfide) groups is 1. The molecule has 6 heteroatoms. The zero-order valence-electron chi connectivity index (χ0n) is 11.2. The summed E-state index contributed by atoms with van der Waals surface area (Å²) in [6.45, 7) is 0. The molecular weight excluding hydrogens is 270 g/mol. The second kappa shape index (κ2) is 4.77. The Hall–Kier alpha value is -1.56. The fourth-order valence-corrected chi connectivity index (χ4v) is 3.30. The average molecular weight is 287 g/mol. The van der Waals surface area contributed by atoms with Gasteiger partial charge in [-0.3, -0.25) is 0 Å². The van der Waals surface area contributed by atoms with Gasteiger partial charge in [-0.15, -0.1) is 10.2 Å². The zero-order valence-corrected chi connectivity index (χ0v) is 12.0. The van der Waals surface area contributed by atoms with E-state index in [1.54, 1.807) is 11.8 Å². The van der Waals surface area contributed by atoms with Gasteiger partial charge < -0.3 is 10.3 Å². The van der Waals surface area contributed by atoms with Crippen molar-refractivity contribution in [3.63, 3.8) is 0 Å². The van der Waals surface area contributed by atoms with Gasteiger partial charge in [0.25, 0.3) is 0 Å². The SMILES string of the molecule is Nc1ccc(CSc2nnc(C3CC3)n2C2CC2)cn1. The van der Waals surface area contributed by atoms with Gasteiger partial charge >= 0.3 is 0 Å². The summed E-state index contributed by atoms with van der Waals surface area (Å²) in [5.74, 6) is 3.31. The first-order chi connectivity index (χ1) is 9.81. The van der Waals surface area contributed by atoms with Gasteiger partial charge in [0.05, 0.1) is 0 Å². The first kappa shape index (κ1) is 12.2. The molecule has 2 aliphatic carbocycles. The van der Waals surface area contributed by atoms with Crippen molar-refractivity contribution in [2.75, 3.05) is 5.73 Å². The largest absolute Gasteiger partial charge is 0.384 e. The minimum atomic E-state index is 0.566. The molecule has 20 heavy (non-hydrogen) atoms. The van der Waals surface area contributed by atoms with Crippen LogP contribution in [0.5, 0.6) is 0 Å². The minimum Gasteiger partial charge on any atom is -0.384 e. The maximum Gasteiger partial charge on any atom is 0.191 e. The molecule has 2 fully saturated rings. The number of pyridine rings is 1. The molecule has 0 radical (unpaired) electrons. The van der Waals surface area contributed by atoms with Crippen molar-refractivity contribution in [3.05, 3.63) is 29.7 Å². The summed E-state index contributed by atoms with van der Waals surface area (Å²) >= 11 is 1.75. The lowest BCUT2D eigenvalue weighted by atomic mass is 10.3. The molecule has 0 spiro atoms. The third kappa shape index (κ3) is 2.40. The van der Waals surface area contributed by atoms with Crippen molar-refractivity contribution in [1.29, 1.82) is 0 Å². The van der Waals surface area contributed by atoms with E-state index in [1.807, 2.05) is 18.3 Å².